The molecule has 0 unspecified atom stereocenters. The standard InChI is InChI=1S/C14H21FN4O4S/c15-6-1-9-18(11-4-7-17-8-5-11)12-2-3-14(24(16,22)23)13(10-12)19(20)21/h2-3,10-11,17H,1,4-9H2,(H2,16,22,23). The summed E-state index contributed by atoms with van der Waals surface area (Å²) in [4.78, 5) is 11.9. The number of nitrogens with one attached hydrogen (secondary N) is 1. The molecule has 0 bridgehead atoms. The van der Waals surface area contributed by atoms with Gasteiger partial charge in [-0.1, -0.05) is 0 Å². The monoisotopic (exact) mass is 360 g/mol. The molecule has 0 saturated carbocycles. The summed E-state index contributed by atoms with van der Waals surface area (Å²) in [5.74, 6) is 0. The van der Waals surface area contributed by atoms with Gasteiger partial charge in [-0.05, 0) is 44.5 Å². The molecular formula is C14H21FN4O4S. The van der Waals surface area contributed by atoms with E-state index in [1.54, 1.807) is 0 Å². The van der Waals surface area contributed by atoms with Crippen LogP contribution in [0.1, 0.15) is 19.3 Å². The van der Waals surface area contributed by atoms with Crippen molar-refractivity contribution >= 4 is 21.4 Å². The summed E-state index contributed by atoms with van der Waals surface area (Å²) in [7, 11) is -4.19. The van der Waals surface area contributed by atoms with Crippen LogP contribution in [-0.4, -0.2) is 45.7 Å². The Morgan fingerprint density at radius 2 is 2.04 bits per heavy atom. The summed E-state index contributed by atoms with van der Waals surface area (Å²) in [6, 6.07) is 3.97. The number of nitro groups is 1. The minimum absolute atomic E-state index is 0.123. The smallest absolute Gasteiger partial charge is 0.291 e. The molecule has 3 N–H and O–H groups in total. The fraction of sp³-hybridized carbons (Fsp3) is 0.571. The molecule has 1 aromatic carbocycles. The maximum atomic E-state index is 12.6. The Hall–Kier alpha value is -1.78. The zero-order chi connectivity index (χ0) is 17.7. The van der Waals surface area contributed by atoms with E-state index in [1.165, 1.54) is 12.1 Å². The van der Waals surface area contributed by atoms with Gasteiger partial charge in [0.15, 0.2) is 4.90 Å². The van der Waals surface area contributed by atoms with Crippen molar-refractivity contribution in [2.45, 2.75) is 30.2 Å². The molecule has 1 aliphatic rings. The number of nitrogens with two attached hydrogens (primary N) is 1. The third kappa shape index (κ3) is 4.40. The maximum absolute atomic E-state index is 12.6. The van der Waals surface area contributed by atoms with E-state index in [2.05, 4.69) is 5.32 Å². The second kappa shape index (κ2) is 7.86. The van der Waals surface area contributed by atoms with Crippen molar-refractivity contribution in [3.63, 3.8) is 0 Å². The number of sulfonamides is 1. The van der Waals surface area contributed by atoms with E-state index in [0.717, 1.165) is 32.0 Å². The molecular weight excluding hydrogens is 339 g/mol. The Morgan fingerprint density at radius 3 is 2.58 bits per heavy atom. The number of hydrogen-bond acceptors (Lipinski definition) is 6. The van der Waals surface area contributed by atoms with Crippen molar-refractivity contribution in [1.29, 1.82) is 0 Å². The molecule has 0 aromatic heterocycles. The zero-order valence-electron chi connectivity index (χ0n) is 13.2. The predicted octanol–water partition coefficient (Wildman–Crippen LogP) is 1.16. The SMILES string of the molecule is NS(=O)(=O)c1ccc(N(CCCF)C2CCNCC2)cc1[N+](=O)[O-]. The molecule has 0 radical (unpaired) electrons. The number of benzene rings is 1. The molecule has 1 saturated heterocycles. The highest BCUT2D eigenvalue weighted by atomic mass is 32.2. The Bertz CT molecular complexity index is 692. The van der Waals surface area contributed by atoms with Crippen molar-refractivity contribution in [3.05, 3.63) is 28.3 Å². The molecule has 8 nitrogen and oxygen atoms in total. The van der Waals surface area contributed by atoms with Crippen LogP contribution in [0.15, 0.2) is 23.1 Å². The van der Waals surface area contributed by atoms with Crippen molar-refractivity contribution in [2.75, 3.05) is 31.2 Å². The van der Waals surface area contributed by atoms with Gasteiger partial charge in [0.05, 0.1) is 11.6 Å². The number of hydrogen-bond donors (Lipinski definition) is 2. The lowest BCUT2D eigenvalue weighted by Crippen LogP contribution is -2.44. The van der Waals surface area contributed by atoms with E-state index in [1.807, 2.05) is 4.90 Å². The number of rotatable bonds is 7. The van der Waals surface area contributed by atoms with Gasteiger partial charge in [-0.3, -0.25) is 14.5 Å². The minimum Gasteiger partial charge on any atom is -0.368 e. The van der Waals surface area contributed by atoms with Crippen LogP contribution in [0.2, 0.25) is 0 Å². The molecule has 10 heteroatoms. The lowest BCUT2D eigenvalue weighted by atomic mass is 10.0. The van der Waals surface area contributed by atoms with Crippen LogP contribution >= 0.6 is 0 Å². The summed E-state index contributed by atoms with van der Waals surface area (Å²) < 4.78 is 35.7. The molecule has 0 atom stereocenters. The lowest BCUT2D eigenvalue weighted by molar-refractivity contribution is -0.387. The second-order valence-corrected chi connectivity index (χ2v) is 7.20. The average molecular weight is 360 g/mol. The van der Waals surface area contributed by atoms with Gasteiger partial charge in [-0.15, -0.1) is 0 Å². The molecule has 134 valence electrons. The normalized spacial score (nSPS) is 16.1. The first-order chi connectivity index (χ1) is 11.3. The first kappa shape index (κ1) is 18.6. The van der Waals surface area contributed by atoms with E-state index in [4.69, 9.17) is 5.14 Å². The molecule has 0 aliphatic carbocycles. The van der Waals surface area contributed by atoms with Gasteiger partial charge in [0, 0.05) is 24.3 Å². The second-order valence-electron chi connectivity index (χ2n) is 5.67. The third-order valence-electron chi connectivity index (χ3n) is 4.06. The van der Waals surface area contributed by atoms with Crippen molar-refractivity contribution in [2.24, 2.45) is 5.14 Å². The van der Waals surface area contributed by atoms with Crippen LogP contribution in [0, 0.1) is 10.1 Å². The van der Waals surface area contributed by atoms with Gasteiger partial charge in [0.25, 0.3) is 5.69 Å². The molecule has 1 heterocycles. The molecule has 1 fully saturated rings. The molecule has 1 aromatic rings. The van der Waals surface area contributed by atoms with Crippen LogP contribution in [0.3, 0.4) is 0 Å². The van der Waals surface area contributed by atoms with Crippen LogP contribution < -0.4 is 15.4 Å². The van der Waals surface area contributed by atoms with Crippen LogP contribution in [0.5, 0.6) is 0 Å². The fourth-order valence-electron chi connectivity index (χ4n) is 2.94. The van der Waals surface area contributed by atoms with Crippen molar-refractivity contribution in [1.82, 2.24) is 5.32 Å². The first-order valence-corrected chi connectivity index (χ1v) is 9.24. The van der Waals surface area contributed by atoms with E-state index in [9.17, 15) is 22.9 Å². The van der Waals surface area contributed by atoms with Gasteiger partial charge in [-0.2, -0.15) is 0 Å². The van der Waals surface area contributed by atoms with E-state index in [-0.39, 0.29) is 6.04 Å². The quantitative estimate of drug-likeness (QED) is 0.556. The van der Waals surface area contributed by atoms with Gasteiger partial charge >= 0.3 is 0 Å². The van der Waals surface area contributed by atoms with Gasteiger partial charge in [-0.25, -0.2) is 13.6 Å². The van der Waals surface area contributed by atoms with Gasteiger partial charge in [0.2, 0.25) is 10.0 Å². The number of halogens is 1. The molecule has 0 spiro atoms. The number of piperidine rings is 1. The van der Waals surface area contributed by atoms with Crippen LogP contribution in [0.4, 0.5) is 15.8 Å². The first-order valence-electron chi connectivity index (χ1n) is 7.69. The Labute approximate surface area is 140 Å². The highest BCUT2D eigenvalue weighted by molar-refractivity contribution is 7.89. The lowest BCUT2D eigenvalue weighted by Gasteiger charge is -2.36. The molecule has 1 aliphatic heterocycles. The molecule has 2 rings (SSSR count). The highest BCUT2D eigenvalue weighted by Gasteiger charge is 2.27. The number of nitro benzene ring substituents is 1. The zero-order valence-corrected chi connectivity index (χ0v) is 14.0. The summed E-state index contributed by atoms with van der Waals surface area (Å²) in [5.41, 5.74) is -0.0522. The van der Waals surface area contributed by atoms with Crippen LogP contribution in [-0.2, 0) is 10.0 Å². The van der Waals surface area contributed by atoms with E-state index in [0.29, 0.717) is 18.7 Å². The van der Waals surface area contributed by atoms with Crippen molar-refractivity contribution < 1.29 is 17.7 Å². The van der Waals surface area contributed by atoms with E-state index >= 15 is 0 Å². The number of nitrogens with zero attached hydrogens (tertiary/aromatic N) is 2. The Balaban J connectivity index is 2.41. The summed E-state index contributed by atoms with van der Waals surface area (Å²) >= 11 is 0. The number of alkyl halides is 1. The highest BCUT2D eigenvalue weighted by Crippen LogP contribution is 2.30. The third-order valence-corrected chi connectivity index (χ3v) is 5.02. The van der Waals surface area contributed by atoms with Gasteiger partial charge < -0.3 is 10.2 Å². The largest absolute Gasteiger partial charge is 0.368 e. The summed E-state index contributed by atoms with van der Waals surface area (Å²) in [6.07, 6.45) is 1.96. The molecule has 24 heavy (non-hydrogen) atoms. The predicted molar refractivity (Wildman–Crippen MR) is 88.3 cm³/mol. The molecule has 0 amide bonds. The van der Waals surface area contributed by atoms with Crippen molar-refractivity contribution in [3.8, 4) is 0 Å². The summed E-state index contributed by atoms with van der Waals surface area (Å²) in [5, 5.41) is 19.5. The topological polar surface area (TPSA) is 119 Å². The fourth-order valence-corrected chi connectivity index (χ4v) is 3.62. The average Bonchev–Trinajstić information content (AvgIpc) is 2.55. The Morgan fingerprint density at radius 1 is 1.38 bits per heavy atom. The summed E-state index contributed by atoms with van der Waals surface area (Å²) in [6.45, 7) is 1.55. The van der Waals surface area contributed by atoms with Gasteiger partial charge in [0.1, 0.15) is 0 Å². The Kier molecular flexibility index (Phi) is 6.08. The maximum Gasteiger partial charge on any atom is 0.291 e. The van der Waals surface area contributed by atoms with E-state index < -0.39 is 32.2 Å². The number of anilines is 1. The van der Waals surface area contributed by atoms with Crippen LogP contribution in [0.25, 0.3) is 0 Å². The minimum atomic E-state index is -4.19. The number of primary sulfonamides is 1.